The van der Waals surface area contributed by atoms with E-state index in [9.17, 15) is 0 Å². The molecule has 0 bridgehead atoms. The number of hydrogen-bond acceptors (Lipinski definition) is 2. The maximum absolute atomic E-state index is 5.29. The van der Waals surface area contributed by atoms with Crippen LogP contribution in [0.4, 0.5) is 0 Å². The first-order chi connectivity index (χ1) is 3.85. The van der Waals surface area contributed by atoms with Gasteiger partial charge >= 0.3 is 0 Å². The maximum Gasteiger partial charge on any atom is 0.0256 e. The van der Waals surface area contributed by atoms with Crippen LogP contribution in [-0.2, 0) is 0 Å². The van der Waals surface area contributed by atoms with E-state index in [1.165, 1.54) is 0 Å². The Kier molecular flexibility index (Phi) is 4.61. The molecule has 3 N–H and O–H groups in total. The highest BCUT2D eigenvalue weighted by molar-refractivity contribution is 4.83. The van der Waals surface area contributed by atoms with E-state index >= 15 is 0 Å². The quantitative estimate of drug-likeness (QED) is 0.509. The largest absolute Gasteiger partial charge is 0.330 e. The molecule has 2 nitrogen and oxygen atoms in total. The monoisotopic (exact) mass is 114 g/mol. The average molecular weight is 114 g/mol. The summed E-state index contributed by atoms with van der Waals surface area (Å²) < 4.78 is 0. The summed E-state index contributed by atoms with van der Waals surface area (Å²) >= 11 is 0. The van der Waals surface area contributed by atoms with Crippen molar-refractivity contribution in [1.82, 2.24) is 5.32 Å². The van der Waals surface area contributed by atoms with Gasteiger partial charge < -0.3 is 11.1 Å². The molecule has 1 unspecified atom stereocenters. The molecule has 0 aliphatic rings. The first kappa shape index (κ1) is 7.66. The van der Waals surface area contributed by atoms with Crippen molar-refractivity contribution in [2.24, 2.45) is 5.73 Å². The molecular formula is C6H14N2. The van der Waals surface area contributed by atoms with Crippen molar-refractivity contribution in [2.75, 3.05) is 13.6 Å². The minimum Gasteiger partial charge on any atom is -0.330 e. The van der Waals surface area contributed by atoms with Crippen LogP contribution in [0.25, 0.3) is 0 Å². The van der Waals surface area contributed by atoms with Crippen LogP contribution >= 0.6 is 0 Å². The predicted octanol–water partition coefficient (Wildman–Crippen LogP) is 0.109. The van der Waals surface area contributed by atoms with E-state index < -0.39 is 0 Å². The molecule has 0 amide bonds. The summed E-state index contributed by atoms with van der Waals surface area (Å²) in [5.74, 6) is 0. The van der Waals surface area contributed by atoms with Crippen LogP contribution in [0.5, 0.6) is 0 Å². The van der Waals surface area contributed by atoms with Crippen molar-refractivity contribution in [3.8, 4) is 0 Å². The van der Waals surface area contributed by atoms with Gasteiger partial charge in [-0.3, -0.25) is 0 Å². The van der Waals surface area contributed by atoms with E-state index in [4.69, 9.17) is 5.73 Å². The summed E-state index contributed by atoms with van der Waals surface area (Å²) in [6.07, 6.45) is 2.84. The Morgan fingerprint density at radius 2 is 2.50 bits per heavy atom. The number of nitrogens with one attached hydrogen (secondary N) is 1. The van der Waals surface area contributed by atoms with Crippen LogP contribution < -0.4 is 11.1 Å². The van der Waals surface area contributed by atoms with E-state index in [1.807, 2.05) is 13.1 Å². The molecule has 2 heteroatoms. The van der Waals surface area contributed by atoms with Crippen molar-refractivity contribution in [1.29, 1.82) is 0 Å². The van der Waals surface area contributed by atoms with Crippen LogP contribution in [0.15, 0.2) is 12.7 Å². The molecule has 0 heterocycles. The first-order valence-corrected chi connectivity index (χ1v) is 2.85. The lowest BCUT2D eigenvalue weighted by molar-refractivity contribution is 0.623. The third-order valence-corrected chi connectivity index (χ3v) is 1.13. The summed E-state index contributed by atoms with van der Waals surface area (Å²) in [7, 11) is 1.90. The molecule has 0 aromatic carbocycles. The van der Waals surface area contributed by atoms with Gasteiger partial charge in [-0.2, -0.15) is 0 Å². The maximum atomic E-state index is 5.29. The lowest BCUT2D eigenvalue weighted by Crippen LogP contribution is -2.25. The second kappa shape index (κ2) is 4.81. The van der Waals surface area contributed by atoms with Gasteiger partial charge in [0.25, 0.3) is 0 Å². The second-order valence-electron chi connectivity index (χ2n) is 1.71. The third-order valence-electron chi connectivity index (χ3n) is 1.13. The zero-order chi connectivity index (χ0) is 6.41. The number of rotatable bonds is 4. The summed E-state index contributed by atoms with van der Waals surface area (Å²) in [4.78, 5) is 0. The number of likely N-dealkylation sites (N-methyl/N-ethyl adjacent to an activating group) is 1. The van der Waals surface area contributed by atoms with Crippen molar-refractivity contribution in [3.63, 3.8) is 0 Å². The topological polar surface area (TPSA) is 38.0 Å². The van der Waals surface area contributed by atoms with E-state index in [0.29, 0.717) is 6.04 Å². The lowest BCUT2D eigenvalue weighted by Gasteiger charge is -2.07. The Morgan fingerprint density at radius 1 is 1.88 bits per heavy atom. The Balaban J connectivity index is 3.21. The summed E-state index contributed by atoms with van der Waals surface area (Å²) in [5.41, 5.74) is 5.29. The van der Waals surface area contributed by atoms with Gasteiger partial charge in [-0.25, -0.2) is 0 Å². The van der Waals surface area contributed by atoms with Crippen LogP contribution in [0.2, 0.25) is 0 Å². The van der Waals surface area contributed by atoms with Gasteiger partial charge in [-0.15, -0.1) is 6.58 Å². The van der Waals surface area contributed by atoms with Crippen molar-refractivity contribution < 1.29 is 0 Å². The molecule has 0 aliphatic carbocycles. The van der Waals surface area contributed by atoms with Crippen molar-refractivity contribution >= 4 is 0 Å². The molecule has 0 radical (unpaired) electrons. The molecule has 0 spiro atoms. The fourth-order valence-electron chi connectivity index (χ4n) is 0.560. The van der Waals surface area contributed by atoms with Gasteiger partial charge in [0, 0.05) is 6.04 Å². The van der Waals surface area contributed by atoms with Crippen LogP contribution in [-0.4, -0.2) is 19.6 Å². The Hall–Kier alpha value is -0.340. The highest BCUT2D eigenvalue weighted by Gasteiger charge is 1.94. The predicted molar refractivity (Wildman–Crippen MR) is 36.7 cm³/mol. The minimum absolute atomic E-state index is 0.389. The molecule has 0 fully saturated rings. The van der Waals surface area contributed by atoms with Crippen LogP contribution in [0.3, 0.4) is 0 Å². The normalized spacial score (nSPS) is 13.2. The molecule has 8 heavy (non-hydrogen) atoms. The molecule has 0 saturated heterocycles. The molecule has 0 aromatic heterocycles. The Bertz CT molecular complexity index is 61.5. The summed E-state index contributed by atoms with van der Waals surface area (Å²) in [6, 6.07) is 0.389. The zero-order valence-corrected chi connectivity index (χ0v) is 5.35. The standard InChI is InChI=1S/C6H14N2/c1-3-6(8-2)4-5-7/h3,6,8H,1,4-5,7H2,2H3. The molecule has 0 aromatic rings. The van der Waals surface area contributed by atoms with Crippen molar-refractivity contribution in [2.45, 2.75) is 12.5 Å². The summed E-state index contributed by atoms with van der Waals surface area (Å²) in [5, 5.41) is 3.05. The minimum atomic E-state index is 0.389. The first-order valence-electron chi connectivity index (χ1n) is 2.85. The summed E-state index contributed by atoms with van der Waals surface area (Å²) in [6.45, 7) is 4.35. The van der Waals surface area contributed by atoms with Gasteiger partial charge in [0.05, 0.1) is 0 Å². The highest BCUT2D eigenvalue weighted by atomic mass is 14.9. The van der Waals surface area contributed by atoms with Crippen molar-refractivity contribution in [3.05, 3.63) is 12.7 Å². The molecule has 1 atom stereocenters. The Labute approximate surface area is 50.8 Å². The van der Waals surface area contributed by atoms with E-state index in [1.54, 1.807) is 0 Å². The SMILES string of the molecule is C=CC(CCN)NC. The van der Waals surface area contributed by atoms with Gasteiger partial charge in [0.15, 0.2) is 0 Å². The second-order valence-corrected chi connectivity index (χ2v) is 1.71. The zero-order valence-electron chi connectivity index (χ0n) is 5.35. The number of hydrogen-bond donors (Lipinski definition) is 2. The molecular weight excluding hydrogens is 100 g/mol. The smallest absolute Gasteiger partial charge is 0.0256 e. The van der Waals surface area contributed by atoms with E-state index in [2.05, 4.69) is 11.9 Å². The van der Waals surface area contributed by atoms with Crippen LogP contribution in [0.1, 0.15) is 6.42 Å². The third kappa shape index (κ3) is 2.77. The number of nitrogens with two attached hydrogens (primary N) is 1. The average Bonchev–Trinajstić information content (AvgIpc) is 1.83. The van der Waals surface area contributed by atoms with Gasteiger partial charge in [-0.05, 0) is 20.0 Å². The molecule has 0 aliphatic heterocycles. The lowest BCUT2D eigenvalue weighted by atomic mass is 10.2. The van der Waals surface area contributed by atoms with E-state index in [0.717, 1.165) is 13.0 Å². The fraction of sp³-hybridized carbons (Fsp3) is 0.667. The molecule has 0 saturated carbocycles. The highest BCUT2D eigenvalue weighted by Crippen LogP contribution is 1.87. The Morgan fingerprint density at radius 3 is 2.62 bits per heavy atom. The van der Waals surface area contributed by atoms with Crippen LogP contribution in [0, 0.1) is 0 Å². The van der Waals surface area contributed by atoms with Gasteiger partial charge in [-0.1, -0.05) is 6.08 Å². The van der Waals surface area contributed by atoms with E-state index in [-0.39, 0.29) is 0 Å². The van der Waals surface area contributed by atoms with Gasteiger partial charge in [0.2, 0.25) is 0 Å². The molecule has 0 rings (SSSR count). The fourth-order valence-corrected chi connectivity index (χ4v) is 0.560. The van der Waals surface area contributed by atoms with Gasteiger partial charge in [0.1, 0.15) is 0 Å². The molecule has 48 valence electrons.